The van der Waals surface area contributed by atoms with Crippen molar-refractivity contribution in [2.24, 2.45) is 0 Å². The van der Waals surface area contributed by atoms with E-state index in [4.69, 9.17) is 4.74 Å². The fourth-order valence-corrected chi connectivity index (χ4v) is 2.94. The standard InChI is InChI=1S/C19H21N5O6/c25-16-8-14(19(28)29)24-17(26)12-3-1-2-4-15(12)30-6-5-21-18(27)13(23-16)7-11-9-20-10-22-11/h1-4,9-10,13-14H,5-8H2,(H,20,22)(H,21,27)(H,23,25)(H,24,26)(H,28,29)/t13-,14-/m0/s1. The monoisotopic (exact) mass is 415 g/mol. The van der Waals surface area contributed by atoms with Gasteiger partial charge in [0.25, 0.3) is 5.91 Å². The first kappa shape index (κ1) is 20.8. The fourth-order valence-electron chi connectivity index (χ4n) is 2.94. The largest absolute Gasteiger partial charge is 0.491 e. The van der Waals surface area contributed by atoms with Crippen molar-refractivity contribution >= 4 is 23.7 Å². The molecular formula is C19H21N5O6. The molecule has 5 N–H and O–H groups in total. The number of para-hydroxylation sites is 1. The second-order valence-corrected chi connectivity index (χ2v) is 6.61. The number of rotatable bonds is 3. The highest BCUT2D eigenvalue weighted by atomic mass is 16.5. The van der Waals surface area contributed by atoms with Gasteiger partial charge in [-0.15, -0.1) is 0 Å². The predicted octanol–water partition coefficient (Wildman–Crippen LogP) is -0.781. The summed E-state index contributed by atoms with van der Waals surface area (Å²) in [4.78, 5) is 55.9. The summed E-state index contributed by atoms with van der Waals surface area (Å²) >= 11 is 0. The van der Waals surface area contributed by atoms with E-state index in [2.05, 4.69) is 25.9 Å². The summed E-state index contributed by atoms with van der Waals surface area (Å²) in [5, 5.41) is 17.0. The van der Waals surface area contributed by atoms with E-state index in [-0.39, 0.29) is 30.9 Å². The first-order valence-electron chi connectivity index (χ1n) is 9.24. The highest BCUT2D eigenvalue weighted by molar-refractivity contribution is 6.00. The number of carbonyl (C=O) groups is 4. The normalized spacial score (nSPS) is 20.6. The van der Waals surface area contributed by atoms with Crippen LogP contribution in [0.3, 0.4) is 0 Å². The summed E-state index contributed by atoms with van der Waals surface area (Å²) in [6, 6.07) is 3.87. The van der Waals surface area contributed by atoms with Gasteiger partial charge in [0.2, 0.25) is 11.8 Å². The Morgan fingerprint density at radius 1 is 1.20 bits per heavy atom. The zero-order valence-corrected chi connectivity index (χ0v) is 15.9. The molecule has 0 radical (unpaired) electrons. The van der Waals surface area contributed by atoms with Gasteiger partial charge in [-0.2, -0.15) is 0 Å². The summed E-state index contributed by atoms with van der Waals surface area (Å²) < 4.78 is 5.58. The van der Waals surface area contributed by atoms with E-state index >= 15 is 0 Å². The molecule has 11 heteroatoms. The van der Waals surface area contributed by atoms with Gasteiger partial charge >= 0.3 is 5.97 Å². The van der Waals surface area contributed by atoms with Crippen LogP contribution < -0.4 is 20.7 Å². The number of hydrogen-bond acceptors (Lipinski definition) is 6. The molecular weight excluding hydrogens is 394 g/mol. The molecule has 2 atom stereocenters. The molecule has 11 nitrogen and oxygen atoms in total. The van der Waals surface area contributed by atoms with Crippen molar-refractivity contribution in [3.8, 4) is 5.75 Å². The Hall–Kier alpha value is -3.89. The number of aromatic amines is 1. The number of carboxylic acid groups (broad SMARTS) is 1. The number of aromatic nitrogens is 2. The number of carboxylic acids is 1. The molecule has 0 bridgehead atoms. The van der Waals surface area contributed by atoms with E-state index in [0.29, 0.717) is 5.69 Å². The Balaban J connectivity index is 1.84. The molecule has 0 saturated carbocycles. The lowest BCUT2D eigenvalue weighted by Crippen LogP contribution is -2.51. The van der Waals surface area contributed by atoms with Crippen LogP contribution >= 0.6 is 0 Å². The van der Waals surface area contributed by atoms with E-state index in [0.717, 1.165) is 0 Å². The third kappa shape index (κ3) is 5.34. The number of hydrogen-bond donors (Lipinski definition) is 5. The molecule has 1 aromatic carbocycles. The van der Waals surface area contributed by atoms with Gasteiger partial charge in [0.15, 0.2) is 0 Å². The molecule has 0 fully saturated rings. The number of benzene rings is 1. The molecule has 1 aliphatic rings. The van der Waals surface area contributed by atoms with Gasteiger partial charge < -0.3 is 30.8 Å². The first-order valence-corrected chi connectivity index (χ1v) is 9.24. The number of nitrogens with one attached hydrogen (secondary N) is 4. The summed E-state index contributed by atoms with van der Waals surface area (Å²) in [7, 11) is 0. The van der Waals surface area contributed by atoms with E-state index < -0.39 is 42.2 Å². The van der Waals surface area contributed by atoms with Gasteiger partial charge in [-0.1, -0.05) is 12.1 Å². The molecule has 158 valence electrons. The number of H-pyrrole nitrogens is 1. The van der Waals surface area contributed by atoms with Crippen LogP contribution in [-0.2, 0) is 20.8 Å². The highest BCUT2D eigenvalue weighted by Gasteiger charge is 2.28. The van der Waals surface area contributed by atoms with Crippen molar-refractivity contribution in [2.75, 3.05) is 13.2 Å². The van der Waals surface area contributed by atoms with Crippen LogP contribution in [0.1, 0.15) is 22.5 Å². The third-order valence-corrected chi connectivity index (χ3v) is 4.41. The molecule has 2 heterocycles. The Bertz CT molecular complexity index is 929. The van der Waals surface area contributed by atoms with Crippen molar-refractivity contribution in [3.05, 3.63) is 48.0 Å². The van der Waals surface area contributed by atoms with Gasteiger partial charge in [0.1, 0.15) is 24.4 Å². The average molecular weight is 415 g/mol. The Labute approximate surface area is 171 Å². The number of amides is 3. The summed E-state index contributed by atoms with van der Waals surface area (Å²) in [5.41, 5.74) is 0.745. The molecule has 2 aromatic rings. The number of nitrogens with zero attached hydrogens (tertiary/aromatic N) is 1. The molecule has 3 amide bonds. The molecule has 0 unspecified atom stereocenters. The molecule has 0 saturated heterocycles. The minimum absolute atomic E-state index is 0.0725. The third-order valence-electron chi connectivity index (χ3n) is 4.41. The minimum Gasteiger partial charge on any atom is -0.491 e. The number of fused-ring (bicyclic) bond motifs is 1. The average Bonchev–Trinajstić information content (AvgIpc) is 3.22. The smallest absolute Gasteiger partial charge is 0.326 e. The molecule has 1 aromatic heterocycles. The van der Waals surface area contributed by atoms with Crippen molar-refractivity contribution in [1.29, 1.82) is 0 Å². The second-order valence-electron chi connectivity index (χ2n) is 6.61. The maximum Gasteiger partial charge on any atom is 0.326 e. The molecule has 0 spiro atoms. The van der Waals surface area contributed by atoms with Crippen LogP contribution in [0.25, 0.3) is 0 Å². The van der Waals surface area contributed by atoms with Crippen LogP contribution in [0.4, 0.5) is 0 Å². The van der Waals surface area contributed by atoms with Crippen molar-refractivity contribution in [3.63, 3.8) is 0 Å². The van der Waals surface area contributed by atoms with Crippen LogP contribution in [-0.4, -0.2) is 64.0 Å². The Kier molecular flexibility index (Phi) is 6.63. The van der Waals surface area contributed by atoms with Gasteiger partial charge in [-0.05, 0) is 12.1 Å². The van der Waals surface area contributed by atoms with Gasteiger partial charge in [-0.3, -0.25) is 14.4 Å². The topological polar surface area (TPSA) is 163 Å². The van der Waals surface area contributed by atoms with E-state index in [1.54, 1.807) is 18.2 Å². The molecule has 1 aliphatic heterocycles. The molecule has 3 rings (SSSR count). The zero-order valence-electron chi connectivity index (χ0n) is 15.9. The van der Waals surface area contributed by atoms with Crippen molar-refractivity contribution in [2.45, 2.75) is 24.9 Å². The molecule has 0 aliphatic carbocycles. The van der Waals surface area contributed by atoms with E-state index in [9.17, 15) is 24.3 Å². The fraction of sp³-hybridized carbons (Fsp3) is 0.316. The Morgan fingerprint density at radius 2 is 2.00 bits per heavy atom. The lowest BCUT2D eigenvalue weighted by molar-refractivity contribution is -0.141. The van der Waals surface area contributed by atoms with Crippen molar-refractivity contribution < 1.29 is 29.0 Å². The van der Waals surface area contributed by atoms with Gasteiger partial charge in [-0.25, -0.2) is 9.78 Å². The predicted molar refractivity (Wildman–Crippen MR) is 103 cm³/mol. The maximum absolute atomic E-state index is 12.6. The first-order chi connectivity index (χ1) is 14.4. The lowest BCUT2D eigenvalue weighted by atomic mass is 10.1. The molecule has 30 heavy (non-hydrogen) atoms. The van der Waals surface area contributed by atoms with E-state index in [1.165, 1.54) is 18.6 Å². The summed E-state index contributed by atoms with van der Waals surface area (Å²) in [5.74, 6) is -2.96. The number of imidazole rings is 1. The van der Waals surface area contributed by atoms with Crippen molar-refractivity contribution in [1.82, 2.24) is 25.9 Å². The maximum atomic E-state index is 12.6. The second kappa shape index (κ2) is 9.54. The summed E-state index contributed by atoms with van der Waals surface area (Å²) in [6.45, 7) is 0.213. The van der Waals surface area contributed by atoms with E-state index in [1.807, 2.05) is 0 Å². The number of carbonyl (C=O) groups excluding carboxylic acids is 3. The number of aliphatic carboxylic acids is 1. The number of ether oxygens (including phenoxy) is 1. The minimum atomic E-state index is -1.48. The zero-order chi connectivity index (χ0) is 21.5. The van der Waals surface area contributed by atoms with Crippen LogP contribution in [0, 0.1) is 0 Å². The quantitative estimate of drug-likeness (QED) is 0.439. The van der Waals surface area contributed by atoms with Crippen LogP contribution in [0.15, 0.2) is 36.8 Å². The lowest BCUT2D eigenvalue weighted by Gasteiger charge is -2.21. The SMILES string of the molecule is O=C1C[C@@H](C(=O)O)NC(=O)c2ccccc2OCCNC(=O)[C@H](Cc2cnc[nH]2)N1. The Morgan fingerprint density at radius 3 is 2.73 bits per heavy atom. The van der Waals surface area contributed by atoms with Gasteiger partial charge in [0, 0.05) is 18.3 Å². The summed E-state index contributed by atoms with van der Waals surface area (Å²) in [6.07, 6.45) is 2.55. The van der Waals surface area contributed by atoms with Crippen LogP contribution in [0.5, 0.6) is 5.75 Å². The van der Waals surface area contributed by atoms with Crippen LogP contribution in [0.2, 0.25) is 0 Å². The highest BCUT2D eigenvalue weighted by Crippen LogP contribution is 2.18. The van der Waals surface area contributed by atoms with Gasteiger partial charge in [0.05, 0.1) is 24.9 Å².